The molecule has 0 aliphatic rings. The van der Waals surface area contributed by atoms with Gasteiger partial charge in [0.05, 0.1) is 0 Å². The van der Waals surface area contributed by atoms with E-state index in [9.17, 15) is 4.79 Å². The topological polar surface area (TPSA) is 29.1 Å². The van der Waals surface area contributed by atoms with E-state index in [2.05, 4.69) is 12.2 Å². The van der Waals surface area contributed by atoms with Crippen molar-refractivity contribution in [3.05, 3.63) is 0 Å². The van der Waals surface area contributed by atoms with Crippen LogP contribution in [0.1, 0.15) is 53.4 Å². The second-order valence-corrected chi connectivity index (χ2v) is 4.57. The molecule has 0 bridgehead atoms. The number of carbonyl (C=O) groups excluding carboxylic acids is 1. The molecule has 0 saturated heterocycles. The Balaban J connectivity index is 3.38. The predicted molar refractivity (Wildman–Crippen MR) is 56.6 cm³/mol. The van der Waals surface area contributed by atoms with Gasteiger partial charge >= 0.3 is 0 Å². The van der Waals surface area contributed by atoms with E-state index in [0.29, 0.717) is 0 Å². The second-order valence-electron chi connectivity index (χ2n) is 4.57. The van der Waals surface area contributed by atoms with E-state index in [1.807, 2.05) is 20.8 Å². The number of hydrogen-bond donors (Lipinski definition) is 1. The average molecular weight is 185 g/mol. The first-order valence-electron chi connectivity index (χ1n) is 5.26. The van der Waals surface area contributed by atoms with Crippen molar-refractivity contribution in [1.29, 1.82) is 0 Å². The van der Waals surface area contributed by atoms with E-state index in [1.165, 1.54) is 19.3 Å². The third-order valence-electron chi connectivity index (χ3n) is 2.00. The molecule has 2 nitrogen and oxygen atoms in total. The molecule has 0 aromatic rings. The van der Waals surface area contributed by atoms with Gasteiger partial charge in [-0.3, -0.25) is 4.79 Å². The summed E-state index contributed by atoms with van der Waals surface area (Å²) in [5, 5.41) is 2.94. The molecule has 2 heteroatoms. The van der Waals surface area contributed by atoms with Crippen LogP contribution < -0.4 is 5.32 Å². The lowest BCUT2D eigenvalue weighted by molar-refractivity contribution is -0.128. The molecule has 0 aromatic heterocycles. The summed E-state index contributed by atoms with van der Waals surface area (Å²) < 4.78 is 0. The maximum atomic E-state index is 11.4. The highest BCUT2D eigenvalue weighted by atomic mass is 16.2. The lowest BCUT2D eigenvalue weighted by Crippen LogP contribution is -2.35. The average Bonchev–Trinajstić information content (AvgIpc) is 2.02. The van der Waals surface area contributed by atoms with Crippen molar-refractivity contribution in [1.82, 2.24) is 5.32 Å². The molecule has 0 aliphatic carbocycles. The Morgan fingerprint density at radius 1 is 1.15 bits per heavy atom. The fourth-order valence-electron chi connectivity index (χ4n) is 1.02. The highest BCUT2D eigenvalue weighted by molar-refractivity contribution is 5.81. The molecule has 0 aliphatic heterocycles. The third kappa shape index (κ3) is 6.62. The van der Waals surface area contributed by atoms with E-state index < -0.39 is 0 Å². The van der Waals surface area contributed by atoms with Gasteiger partial charge in [0.15, 0.2) is 0 Å². The number of amides is 1. The van der Waals surface area contributed by atoms with Gasteiger partial charge in [-0.05, 0) is 6.42 Å². The molecule has 0 saturated carbocycles. The molecular formula is C11H23NO. The minimum Gasteiger partial charge on any atom is -0.356 e. The summed E-state index contributed by atoms with van der Waals surface area (Å²) in [5.74, 6) is 0.156. The zero-order valence-electron chi connectivity index (χ0n) is 9.44. The maximum Gasteiger partial charge on any atom is 0.225 e. The largest absolute Gasteiger partial charge is 0.356 e. The summed E-state index contributed by atoms with van der Waals surface area (Å²) in [6.45, 7) is 8.83. The minimum absolute atomic E-state index is 0.156. The van der Waals surface area contributed by atoms with Gasteiger partial charge < -0.3 is 5.32 Å². The molecule has 1 N–H and O–H groups in total. The predicted octanol–water partition coefficient (Wildman–Crippen LogP) is 2.73. The van der Waals surface area contributed by atoms with Gasteiger partial charge in [0.1, 0.15) is 0 Å². The molecule has 0 unspecified atom stereocenters. The van der Waals surface area contributed by atoms with Gasteiger partial charge in [0.2, 0.25) is 5.91 Å². The van der Waals surface area contributed by atoms with Crippen molar-refractivity contribution in [3.63, 3.8) is 0 Å². The molecule has 0 rings (SSSR count). The van der Waals surface area contributed by atoms with Gasteiger partial charge in [0, 0.05) is 12.0 Å². The summed E-state index contributed by atoms with van der Waals surface area (Å²) in [6, 6.07) is 0. The van der Waals surface area contributed by atoms with E-state index in [-0.39, 0.29) is 11.3 Å². The number of rotatable bonds is 5. The van der Waals surface area contributed by atoms with E-state index in [4.69, 9.17) is 0 Å². The molecule has 0 fully saturated rings. The number of nitrogens with one attached hydrogen (secondary N) is 1. The van der Waals surface area contributed by atoms with Crippen LogP contribution in [0.5, 0.6) is 0 Å². The molecule has 0 atom stereocenters. The quantitative estimate of drug-likeness (QED) is 0.656. The molecule has 1 amide bonds. The molecule has 78 valence electrons. The van der Waals surface area contributed by atoms with Crippen LogP contribution in [0.3, 0.4) is 0 Å². The lowest BCUT2D eigenvalue weighted by atomic mass is 9.96. The summed E-state index contributed by atoms with van der Waals surface area (Å²) in [4.78, 5) is 11.4. The fourth-order valence-corrected chi connectivity index (χ4v) is 1.02. The van der Waals surface area contributed by atoms with Crippen LogP contribution in [-0.4, -0.2) is 12.5 Å². The maximum absolute atomic E-state index is 11.4. The zero-order valence-corrected chi connectivity index (χ0v) is 9.44. The smallest absolute Gasteiger partial charge is 0.225 e. The van der Waals surface area contributed by atoms with Crippen LogP contribution in [-0.2, 0) is 4.79 Å². The monoisotopic (exact) mass is 185 g/mol. The van der Waals surface area contributed by atoms with Crippen LogP contribution in [0.25, 0.3) is 0 Å². The third-order valence-corrected chi connectivity index (χ3v) is 2.00. The van der Waals surface area contributed by atoms with Crippen molar-refractivity contribution >= 4 is 5.91 Å². The van der Waals surface area contributed by atoms with Gasteiger partial charge in [-0.25, -0.2) is 0 Å². The Labute approximate surface area is 82.1 Å². The van der Waals surface area contributed by atoms with Crippen LogP contribution in [0.15, 0.2) is 0 Å². The zero-order chi connectivity index (χ0) is 10.3. The number of hydrogen-bond acceptors (Lipinski definition) is 1. The van der Waals surface area contributed by atoms with Gasteiger partial charge in [-0.2, -0.15) is 0 Å². The summed E-state index contributed by atoms with van der Waals surface area (Å²) >= 11 is 0. The summed E-state index contributed by atoms with van der Waals surface area (Å²) in [6.07, 6.45) is 4.84. The normalized spacial score (nSPS) is 11.4. The van der Waals surface area contributed by atoms with Gasteiger partial charge in [-0.15, -0.1) is 0 Å². The number of carbonyl (C=O) groups is 1. The van der Waals surface area contributed by atoms with Crippen molar-refractivity contribution in [2.24, 2.45) is 5.41 Å². The van der Waals surface area contributed by atoms with E-state index in [1.54, 1.807) is 0 Å². The first-order valence-corrected chi connectivity index (χ1v) is 5.26. The first-order chi connectivity index (χ1) is 5.98. The van der Waals surface area contributed by atoms with Crippen LogP contribution in [0, 0.1) is 5.41 Å². The Bertz CT molecular complexity index is 147. The van der Waals surface area contributed by atoms with Crippen molar-refractivity contribution in [2.45, 2.75) is 53.4 Å². The molecule has 0 spiro atoms. The Morgan fingerprint density at radius 3 is 2.23 bits per heavy atom. The van der Waals surface area contributed by atoms with Crippen LogP contribution in [0.4, 0.5) is 0 Å². The van der Waals surface area contributed by atoms with E-state index >= 15 is 0 Å². The standard InChI is InChI=1S/C11H23NO/c1-5-6-7-8-9-12-10(13)11(2,3)4/h5-9H2,1-4H3,(H,12,13). The Morgan fingerprint density at radius 2 is 1.77 bits per heavy atom. The molecule has 0 aromatic carbocycles. The highest BCUT2D eigenvalue weighted by Gasteiger charge is 2.19. The highest BCUT2D eigenvalue weighted by Crippen LogP contribution is 2.12. The van der Waals surface area contributed by atoms with Crippen LogP contribution >= 0.6 is 0 Å². The van der Waals surface area contributed by atoms with Crippen molar-refractivity contribution in [2.75, 3.05) is 6.54 Å². The SMILES string of the molecule is CCCCCCNC(=O)C(C)(C)C. The summed E-state index contributed by atoms with van der Waals surface area (Å²) in [7, 11) is 0. The first kappa shape index (κ1) is 12.5. The Kier molecular flexibility index (Phi) is 5.76. The van der Waals surface area contributed by atoms with Crippen molar-refractivity contribution < 1.29 is 4.79 Å². The fraction of sp³-hybridized carbons (Fsp3) is 0.909. The van der Waals surface area contributed by atoms with Crippen molar-refractivity contribution in [3.8, 4) is 0 Å². The Hall–Kier alpha value is -0.530. The molecular weight excluding hydrogens is 162 g/mol. The minimum atomic E-state index is -0.245. The van der Waals surface area contributed by atoms with Gasteiger partial charge in [-0.1, -0.05) is 47.0 Å². The molecule has 0 heterocycles. The van der Waals surface area contributed by atoms with E-state index in [0.717, 1.165) is 13.0 Å². The summed E-state index contributed by atoms with van der Waals surface area (Å²) in [5.41, 5.74) is -0.245. The molecule has 13 heavy (non-hydrogen) atoms. The van der Waals surface area contributed by atoms with Gasteiger partial charge in [0.25, 0.3) is 0 Å². The van der Waals surface area contributed by atoms with Crippen LogP contribution in [0.2, 0.25) is 0 Å². The second kappa shape index (κ2) is 6.01. The lowest BCUT2D eigenvalue weighted by Gasteiger charge is -2.17. The number of unbranched alkanes of at least 4 members (excludes halogenated alkanes) is 3. The molecule has 0 radical (unpaired) electrons.